The van der Waals surface area contributed by atoms with Crippen molar-refractivity contribution in [3.05, 3.63) is 52.3 Å². The fraction of sp³-hybridized carbons (Fsp3) is 0.143. The summed E-state index contributed by atoms with van der Waals surface area (Å²) < 4.78 is 2.67. The van der Waals surface area contributed by atoms with E-state index in [-0.39, 0.29) is 0 Å². The van der Waals surface area contributed by atoms with Crippen LogP contribution in [0.25, 0.3) is 16.9 Å². The van der Waals surface area contributed by atoms with Crippen molar-refractivity contribution in [2.45, 2.75) is 13.8 Å². The van der Waals surface area contributed by atoms with Gasteiger partial charge in [0.05, 0.1) is 11.9 Å². The highest BCUT2D eigenvalue weighted by Crippen LogP contribution is 2.23. The Hall–Kier alpha value is -1.68. The molecule has 2 heterocycles. The van der Waals surface area contributed by atoms with Gasteiger partial charge in [0.15, 0.2) is 5.65 Å². The molecule has 18 heavy (non-hydrogen) atoms. The van der Waals surface area contributed by atoms with Crippen LogP contribution in [0, 0.1) is 13.8 Å². The van der Waals surface area contributed by atoms with E-state index in [2.05, 4.69) is 58.1 Å². The average Bonchev–Trinajstić information content (AvgIpc) is 2.71. The third kappa shape index (κ3) is 1.82. The predicted molar refractivity (Wildman–Crippen MR) is 75.6 cm³/mol. The molecule has 0 atom stereocenters. The maximum absolute atomic E-state index is 4.60. The Balaban J connectivity index is 2.21. The van der Waals surface area contributed by atoms with Crippen LogP contribution in [0.1, 0.15) is 11.1 Å². The molecule has 0 unspecified atom stereocenters. The molecule has 2 aromatic heterocycles. The number of rotatable bonds is 1. The lowest BCUT2D eigenvalue weighted by Crippen LogP contribution is -1.96. The van der Waals surface area contributed by atoms with Crippen molar-refractivity contribution in [2.24, 2.45) is 0 Å². The molecule has 90 valence electrons. The molecular weight excluding hydrogens is 290 g/mol. The van der Waals surface area contributed by atoms with Crippen molar-refractivity contribution < 1.29 is 0 Å². The van der Waals surface area contributed by atoms with Crippen LogP contribution in [0.5, 0.6) is 0 Å². The molecule has 0 amide bonds. The molecule has 0 saturated carbocycles. The van der Waals surface area contributed by atoms with Gasteiger partial charge in [0.25, 0.3) is 0 Å². The van der Waals surface area contributed by atoms with Gasteiger partial charge in [-0.25, -0.2) is 9.50 Å². The Bertz CT molecular complexity index is 731. The first-order chi connectivity index (χ1) is 8.65. The van der Waals surface area contributed by atoms with E-state index in [1.807, 2.05) is 12.1 Å². The smallest absolute Gasteiger partial charge is 0.154 e. The minimum Gasteiger partial charge on any atom is -0.234 e. The lowest BCUT2D eigenvalue weighted by molar-refractivity contribution is 0.921. The summed E-state index contributed by atoms with van der Waals surface area (Å²) in [6, 6.07) is 10.4. The molecule has 0 saturated heterocycles. The van der Waals surface area contributed by atoms with Gasteiger partial charge < -0.3 is 0 Å². The number of imidazole rings is 1. The summed E-state index contributed by atoms with van der Waals surface area (Å²) >= 11 is 3.44. The number of benzene rings is 1. The third-order valence-corrected chi connectivity index (χ3v) is 3.52. The normalized spacial score (nSPS) is 11.1. The number of nitrogens with zero attached hydrogens (tertiary/aromatic N) is 3. The van der Waals surface area contributed by atoms with E-state index in [0.717, 1.165) is 21.5 Å². The monoisotopic (exact) mass is 301 g/mol. The Labute approximate surface area is 114 Å². The van der Waals surface area contributed by atoms with Gasteiger partial charge in [-0.1, -0.05) is 23.8 Å². The molecule has 0 radical (unpaired) electrons. The summed E-state index contributed by atoms with van der Waals surface area (Å²) in [6.45, 7) is 4.21. The zero-order chi connectivity index (χ0) is 12.7. The summed E-state index contributed by atoms with van der Waals surface area (Å²) in [7, 11) is 0. The van der Waals surface area contributed by atoms with E-state index in [1.54, 1.807) is 10.7 Å². The maximum atomic E-state index is 4.60. The molecular formula is C14H12BrN3. The Morgan fingerprint density at radius 1 is 1.11 bits per heavy atom. The molecule has 0 aliphatic rings. The quantitative estimate of drug-likeness (QED) is 0.685. The average molecular weight is 302 g/mol. The number of halogens is 1. The summed E-state index contributed by atoms with van der Waals surface area (Å²) in [6.07, 6.45) is 1.76. The minimum atomic E-state index is 0.843. The van der Waals surface area contributed by atoms with Crippen molar-refractivity contribution in [2.75, 3.05) is 0 Å². The highest BCUT2D eigenvalue weighted by atomic mass is 79.9. The van der Waals surface area contributed by atoms with Gasteiger partial charge in [0.2, 0.25) is 0 Å². The molecule has 0 fully saturated rings. The highest BCUT2D eigenvalue weighted by Gasteiger charge is 2.07. The first kappa shape index (κ1) is 11.4. The van der Waals surface area contributed by atoms with Crippen LogP contribution in [-0.2, 0) is 0 Å². The molecule has 1 aromatic carbocycles. The first-order valence-electron chi connectivity index (χ1n) is 5.73. The van der Waals surface area contributed by atoms with Gasteiger partial charge in [0, 0.05) is 5.56 Å². The van der Waals surface area contributed by atoms with Gasteiger partial charge >= 0.3 is 0 Å². The number of fused-ring (bicyclic) bond motifs is 1. The molecule has 0 aliphatic heterocycles. The highest BCUT2D eigenvalue weighted by molar-refractivity contribution is 9.10. The zero-order valence-corrected chi connectivity index (χ0v) is 11.8. The fourth-order valence-corrected chi connectivity index (χ4v) is 2.45. The number of hydrogen-bond donors (Lipinski definition) is 0. The van der Waals surface area contributed by atoms with Crippen LogP contribution in [0.4, 0.5) is 0 Å². The Morgan fingerprint density at radius 2 is 1.94 bits per heavy atom. The minimum absolute atomic E-state index is 0.843. The van der Waals surface area contributed by atoms with Gasteiger partial charge in [-0.2, -0.15) is 5.10 Å². The van der Waals surface area contributed by atoms with E-state index in [1.165, 1.54) is 11.1 Å². The van der Waals surface area contributed by atoms with Crippen molar-refractivity contribution in [3.63, 3.8) is 0 Å². The van der Waals surface area contributed by atoms with Crippen LogP contribution in [-0.4, -0.2) is 14.6 Å². The third-order valence-electron chi connectivity index (χ3n) is 2.98. The summed E-state index contributed by atoms with van der Waals surface area (Å²) in [5.74, 6) is 0. The number of aryl methyl sites for hydroxylation is 2. The van der Waals surface area contributed by atoms with Gasteiger partial charge in [-0.3, -0.25) is 0 Å². The second-order valence-corrected chi connectivity index (χ2v) is 5.20. The largest absolute Gasteiger partial charge is 0.234 e. The van der Waals surface area contributed by atoms with Crippen molar-refractivity contribution >= 4 is 21.6 Å². The number of aromatic nitrogens is 3. The van der Waals surface area contributed by atoms with Gasteiger partial charge in [-0.05, 0) is 47.5 Å². The molecule has 0 aliphatic carbocycles. The number of hydrogen-bond acceptors (Lipinski definition) is 2. The summed E-state index contributed by atoms with van der Waals surface area (Å²) in [4.78, 5) is 4.24. The van der Waals surface area contributed by atoms with E-state index in [4.69, 9.17) is 0 Å². The predicted octanol–water partition coefficient (Wildman–Crippen LogP) is 3.78. The Morgan fingerprint density at radius 3 is 2.72 bits per heavy atom. The molecule has 3 aromatic rings. The van der Waals surface area contributed by atoms with Crippen LogP contribution in [0.3, 0.4) is 0 Å². The molecule has 4 heteroatoms. The molecule has 3 nitrogen and oxygen atoms in total. The first-order valence-corrected chi connectivity index (χ1v) is 6.52. The fourth-order valence-electron chi connectivity index (χ4n) is 2.09. The second kappa shape index (κ2) is 4.21. The second-order valence-electron chi connectivity index (χ2n) is 4.39. The molecule has 3 rings (SSSR count). The Kier molecular flexibility index (Phi) is 2.67. The van der Waals surface area contributed by atoms with Crippen molar-refractivity contribution in [1.82, 2.24) is 14.6 Å². The van der Waals surface area contributed by atoms with Crippen LogP contribution in [0.15, 0.2) is 41.1 Å². The standard InChI is InChI=1S/C14H12BrN3/c1-9-3-4-11(10(2)7-9)12-5-6-14-16-8-13(15)18(14)17-12/h3-8H,1-2H3. The SMILES string of the molecule is Cc1ccc(-c2ccc3ncc(Br)n3n2)c(C)c1. The van der Waals surface area contributed by atoms with E-state index >= 15 is 0 Å². The van der Waals surface area contributed by atoms with Crippen LogP contribution in [0.2, 0.25) is 0 Å². The van der Waals surface area contributed by atoms with E-state index < -0.39 is 0 Å². The van der Waals surface area contributed by atoms with Crippen molar-refractivity contribution in [1.29, 1.82) is 0 Å². The molecule has 0 bridgehead atoms. The van der Waals surface area contributed by atoms with Crippen LogP contribution < -0.4 is 0 Å². The van der Waals surface area contributed by atoms with Crippen LogP contribution >= 0.6 is 15.9 Å². The molecule has 0 N–H and O–H groups in total. The zero-order valence-electron chi connectivity index (χ0n) is 10.2. The maximum Gasteiger partial charge on any atom is 0.154 e. The summed E-state index contributed by atoms with van der Waals surface area (Å²) in [5.41, 5.74) is 5.46. The summed E-state index contributed by atoms with van der Waals surface area (Å²) in [5, 5.41) is 4.60. The lowest BCUT2D eigenvalue weighted by Gasteiger charge is -2.06. The topological polar surface area (TPSA) is 30.2 Å². The van der Waals surface area contributed by atoms with E-state index in [0.29, 0.717) is 0 Å². The van der Waals surface area contributed by atoms with Crippen molar-refractivity contribution in [3.8, 4) is 11.3 Å². The molecule has 0 spiro atoms. The van der Waals surface area contributed by atoms with Gasteiger partial charge in [0.1, 0.15) is 4.60 Å². The van der Waals surface area contributed by atoms with Gasteiger partial charge in [-0.15, -0.1) is 0 Å². The van der Waals surface area contributed by atoms with E-state index in [9.17, 15) is 0 Å². The lowest BCUT2D eigenvalue weighted by atomic mass is 10.0.